The van der Waals surface area contributed by atoms with E-state index < -0.39 is 11.7 Å². The number of halogens is 4. The summed E-state index contributed by atoms with van der Waals surface area (Å²) in [4.78, 5) is 6.51. The monoisotopic (exact) mass is 548 g/mol. The van der Waals surface area contributed by atoms with E-state index in [0.29, 0.717) is 18.1 Å². The van der Waals surface area contributed by atoms with E-state index >= 15 is 0 Å². The lowest BCUT2D eigenvalue weighted by atomic mass is 10.1. The first kappa shape index (κ1) is 25.4. The van der Waals surface area contributed by atoms with E-state index in [1.807, 2.05) is 0 Å². The molecular weight excluding hydrogens is 520 g/mol. The van der Waals surface area contributed by atoms with E-state index in [2.05, 4.69) is 44.8 Å². The second-order valence-electron chi connectivity index (χ2n) is 7.18. The van der Waals surface area contributed by atoms with E-state index in [1.165, 1.54) is 11.6 Å². The Morgan fingerprint density at radius 2 is 1.58 bits per heavy atom. The van der Waals surface area contributed by atoms with Gasteiger partial charge in [0.15, 0.2) is 5.96 Å². The predicted molar refractivity (Wildman–Crippen MR) is 126 cm³/mol. The van der Waals surface area contributed by atoms with Gasteiger partial charge in [-0.1, -0.05) is 36.4 Å². The van der Waals surface area contributed by atoms with Crippen LogP contribution in [0.15, 0.2) is 53.5 Å². The van der Waals surface area contributed by atoms with Gasteiger partial charge < -0.3 is 15.4 Å². The van der Waals surface area contributed by atoms with Crippen LogP contribution in [0, 0.1) is 0 Å². The Hall–Kier alpha value is -1.85. The number of morpholine rings is 1. The van der Waals surface area contributed by atoms with Gasteiger partial charge in [0.25, 0.3) is 0 Å². The van der Waals surface area contributed by atoms with Crippen molar-refractivity contribution in [2.45, 2.75) is 25.8 Å². The number of ether oxygens (including phenoxy) is 1. The predicted octanol–water partition coefficient (Wildman–Crippen LogP) is 4.02. The molecule has 9 heteroatoms. The summed E-state index contributed by atoms with van der Waals surface area (Å²) < 4.78 is 43.9. The van der Waals surface area contributed by atoms with Crippen LogP contribution in [-0.2, 0) is 30.5 Å². The lowest BCUT2D eigenvalue weighted by Crippen LogP contribution is -2.36. The van der Waals surface area contributed by atoms with E-state index in [1.54, 1.807) is 13.1 Å². The summed E-state index contributed by atoms with van der Waals surface area (Å²) in [5.41, 5.74) is 2.25. The zero-order valence-electron chi connectivity index (χ0n) is 17.4. The van der Waals surface area contributed by atoms with Crippen LogP contribution in [0.5, 0.6) is 0 Å². The molecule has 31 heavy (non-hydrogen) atoms. The number of benzene rings is 2. The molecule has 170 valence electrons. The fourth-order valence-corrected chi connectivity index (χ4v) is 3.23. The molecule has 1 saturated heterocycles. The summed E-state index contributed by atoms with van der Waals surface area (Å²) in [7, 11) is 1.63. The highest BCUT2D eigenvalue weighted by molar-refractivity contribution is 14.0. The third kappa shape index (κ3) is 8.30. The van der Waals surface area contributed by atoms with Gasteiger partial charge in [0.1, 0.15) is 0 Å². The Kier molecular flexibility index (Phi) is 10.0. The first-order chi connectivity index (χ1) is 14.4. The molecule has 1 fully saturated rings. The van der Waals surface area contributed by atoms with Crippen LogP contribution in [0.1, 0.15) is 22.3 Å². The smallest absolute Gasteiger partial charge is 0.379 e. The fourth-order valence-electron chi connectivity index (χ4n) is 3.23. The molecule has 1 heterocycles. The number of alkyl halides is 3. The number of aliphatic imine (C=N–C) groups is 1. The summed E-state index contributed by atoms with van der Waals surface area (Å²) >= 11 is 0. The van der Waals surface area contributed by atoms with Crippen molar-refractivity contribution in [2.75, 3.05) is 33.4 Å². The maximum absolute atomic E-state index is 12.8. The highest BCUT2D eigenvalue weighted by Crippen LogP contribution is 2.29. The first-order valence-electron chi connectivity index (χ1n) is 9.92. The zero-order valence-corrected chi connectivity index (χ0v) is 19.7. The summed E-state index contributed by atoms with van der Waals surface area (Å²) in [6, 6.07) is 13.7. The fraction of sp³-hybridized carbons (Fsp3) is 0.409. The van der Waals surface area contributed by atoms with Crippen molar-refractivity contribution in [1.82, 2.24) is 15.5 Å². The van der Waals surface area contributed by atoms with Gasteiger partial charge >= 0.3 is 6.18 Å². The van der Waals surface area contributed by atoms with Crippen LogP contribution >= 0.6 is 24.0 Å². The quantitative estimate of drug-likeness (QED) is 0.326. The van der Waals surface area contributed by atoms with Gasteiger partial charge in [-0.2, -0.15) is 13.2 Å². The molecule has 0 aromatic heterocycles. The number of hydrogen-bond donors (Lipinski definition) is 2. The van der Waals surface area contributed by atoms with Crippen LogP contribution in [0.4, 0.5) is 13.2 Å². The minimum absolute atomic E-state index is 0. The molecule has 0 saturated carbocycles. The first-order valence-corrected chi connectivity index (χ1v) is 9.92. The van der Waals surface area contributed by atoms with Gasteiger partial charge in [0.05, 0.1) is 18.8 Å². The molecular formula is C22H28F3IN4O. The van der Waals surface area contributed by atoms with E-state index in [-0.39, 0.29) is 30.5 Å². The van der Waals surface area contributed by atoms with E-state index in [4.69, 9.17) is 4.74 Å². The Bertz CT molecular complexity index is 837. The Balaban J connectivity index is 0.00000341. The van der Waals surface area contributed by atoms with Gasteiger partial charge in [0, 0.05) is 39.8 Å². The van der Waals surface area contributed by atoms with Gasteiger partial charge in [0.2, 0.25) is 0 Å². The van der Waals surface area contributed by atoms with Crippen molar-refractivity contribution in [2.24, 2.45) is 4.99 Å². The lowest BCUT2D eigenvalue weighted by Gasteiger charge is -2.26. The van der Waals surface area contributed by atoms with E-state index in [9.17, 15) is 13.2 Å². The summed E-state index contributed by atoms with van der Waals surface area (Å²) in [5.74, 6) is 0.532. The number of nitrogens with zero attached hydrogens (tertiary/aromatic N) is 2. The van der Waals surface area contributed by atoms with Crippen LogP contribution < -0.4 is 10.6 Å². The minimum Gasteiger partial charge on any atom is -0.379 e. The molecule has 1 aliphatic rings. The highest BCUT2D eigenvalue weighted by Gasteiger charge is 2.30. The van der Waals surface area contributed by atoms with Crippen molar-refractivity contribution in [3.63, 3.8) is 0 Å². The molecule has 5 nitrogen and oxygen atoms in total. The Labute approximate surface area is 198 Å². The average molecular weight is 548 g/mol. The minimum atomic E-state index is -4.34. The normalized spacial score (nSPS) is 15.3. The van der Waals surface area contributed by atoms with E-state index in [0.717, 1.165) is 50.5 Å². The summed E-state index contributed by atoms with van der Waals surface area (Å²) in [6.45, 7) is 5.22. The molecule has 0 spiro atoms. The van der Waals surface area contributed by atoms with Crippen molar-refractivity contribution in [3.8, 4) is 0 Å². The molecule has 0 unspecified atom stereocenters. The second-order valence-corrected chi connectivity index (χ2v) is 7.18. The molecule has 0 amide bonds. The van der Waals surface area contributed by atoms with Gasteiger partial charge in [-0.25, -0.2) is 0 Å². The Morgan fingerprint density at radius 3 is 2.19 bits per heavy atom. The SMILES string of the molecule is CN=C(NCc1ccc(CN2CCOCC2)cc1)NCc1cccc(C(F)(F)F)c1.I. The number of hydrogen-bond acceptors (Lipinski definition) is 3. The average Bonchev–Trinajstić information content (AvgIpc) is 2.75. The Morgan fingerprint density at radius 1 is 0.968 bits per heavy atom. The van der Waals surface area contributed by atoms with Gasteiger partial charge in [-0.3, -0.25) is 9.89 Å². The summed E-state index contributed by atoms with van der Waals surface area (Å²) in [6.07, 6.45) is -4.34. The molecule has 0 aliphatic carbocycles. The van der Waals surface area contributed by atoms with Crippen molar-refractivity contribution >= 4 is 29.9 Å². The molecule has 1 aliphatic heterocycles. The standard InChI is InChI=1S/C22H27F3N4O.HI/c1-26-21(28-15-19-3-2-4-20(13-19)22(23,24)25)27-14-17-5-7-18(8-6-17)16-29-9-11-30-12-10-29;/h2-8,13H,9-12,14-16H2,1H3,(H2,26,27,28);1H. The van der Waals surface area contributed by atoms with Crippen LogP contribution in [-0.4, -0.2) is 44.2 Å². The van der Waals surface area contributed by atoms with Crippen LogP contribution in [0.3, 0.4) is 0 Å². The number of nitrogens with one attached hydrogen (secondary N) is 2. The molecule has 0 atom stereocenters. The summed E-state index contributed by atoms with van der Waals surface area (Å²) in [5, 5.41) is 6.24. The lowest BCUT2D eigenvalue weighted by molar-refractivity contribution is -0.137. The highest BCUT2D eigenvalue weighted by atomic mass is 127. The van der Waals surface area contributed by atoms with Crippen LogP contribution in [0.2, 0.25) is 0 Å². The van der Waals surface area contributed by atoms with Gasteiger partial charge in [-0.05, 0) is 28.8 Å². The maximum Gasteiger partial charge on any atom is 0.416 e. The molecule has 2 aromatic rings. The zero-order chi connectivity index (χ0) is 21.4. The molecule has 2 aromatic carbocycles. The van der Waals surface area contributed by atoms with Crippen LogP contribution in [0.25, 0.3) is 0 Å². The molecule has 3 rings (SSSR count). The number of rotatable bonds is 6. The topological polar surface area (TPSA) is 48.9 Å². The number of guanidine groups is 1. The second kappa shape index (κ2) is 12.3. The molecule has 0 radical (unpaired) electrons. The van der Waals surface area contributed by atoms with Crippen molar-refractivity contribution in [1.29, 1.82) is 0 Å². The maximum atomic E-state index is 12.8. The van der Waals surface area contributed by atoms with Crippen molar-refractivity contribution < 1.29 is 17.9 Å². The van der Waals surface area contributed by atoms with Gasteiger partial charge in [-0.15, -0.1) is 24.0 Å². The molecule has 2 N–H and O–H groups in total. The molecule has 0 bridgehead atoms. The van der Waals surface area contributed by atoms with Crippen molar-refractivity contribution in [3.05, 3.63) is 70.8 Å². The third-order valence-corrected chi connectivity index (χ3v) is 4.93. The largest absolute Gasteiger partial charge is 0.416 e. The third-order valence-electron chi connectivity index (χ3n) is 4.93.